The monoisotopic (exact) mass is 334 g/mol. The lowest BCUT2D eigenvalue weighted by Gasteiger charge is -2.19. The van der Waals surface area contributed by atoms with Crippen molar-refractivity contribution in [2.24, 2.45) is 5.92 Å². The van der Waals surface area contributed by atoms with Crippen molar-refractivity contribution in [3.8, 4) is 0 Å². The number of carbonyl (C=O) groups excluding carboxylic acids is 3. The third-order valence-electron chi connectivity index (χ3n) is 3.37. The molecule has 0 saturated carbocycles. The molecular formula is C16H22N4O4. The molecule has 0 spiro atoms. The maximum atomic E-state index is 12.1. The fraction of sp³-hybridized carbons (Fsp3) is 0.500. The van der Waals surface area contributed by atoms with Gasteiger partial charge in [0.1, 0.15) is 11.4 Å². The molecule has 1 saturated heterocycles. The number of anilines is 2. The number of rotatable bonds is 3. The van der Waals surface area contributed by atoms with Gasteiger partial charge in [-0.3, -0.25) is 14.9 Å². The van der Waals surface area contributed by atoms with Crippen molar-refractivity contribution in [2.75, 3.05) is 24.2 Å². The highest BCUT2D eigenvalue weighted by Gasteiger charge is 2.32. The summed E-state index contributed by atoms with van der Waals surface area (Å²) in [4.78, 5) is 40.8. The third-order valence-corrected chi connectivity index (χ3v) is 3.37. The van der Waals surface area contributed by atoms with Gasteiger partial charge in [0, 0.05) is 20.0 Å². The lowest BCUT2D eigenvalue weighted by molar-refractivity contribution is -0.127. The van der Waals surface area contributed by atoms with E-state index in [9.17, 15) is 14.4 Å². The van der Waals surface area contributed by atoms with Gasteiger partial charge in [-0.05, 0) is 32.9 Å². The van der Waals surface area contributed by atoms with Crippen LogP contribution in [0.15, 0.2) is 18.3 Å². The first-order chi connectivity index (χ1) is 11.1. The second kappa shape index (κ2) is 6.86. The molecule has 1 atom stereocenters. The Labute approximate surface area is 140 Å². The highest BCUT2D eigenvalue weighted by Crippen LogP contribution is 2.19. The Balaban J connectivity index is 1.89. The molecule has 1 aromatic rings. The standard InChI is InChI=1S/C16H22N4O4/c1-16(2,3)24-15(23)19-12-6-5-11(8-17-12)18-14(22)10-7-13(21)20(4)9-10/h5-6,8,10H,7,9H2,1-4H3,(H,18,22)(H,17,19,23)/t10-/m0/s1. The predicted molar refractivity (Wildman–Crippen MR) is 88.5 cm³/mol. The van der Waals surface area contributed by atoms with Crippen molar-refractivity contribution in [3.63, 3.8) is 0 Å². The van der Waals surface area contributed by atoms with Crippen LogP contribution in [0.3, 0.4) is 0 Å². The summed E-state index contributed by atoms with van der Waals surface area (Å²) in [7, 11) is 1.67. The van der Waals surface area contributed by atoms with Gasteiger partial charge in [0.05, 0.1) is 17.8 Å². The average molecular weight is 334 g/mol. The number of aromatic nitrogens is 1. The van der Waals surface area contributed by atoms with Crippen LogP contribution in [0.2, 0.25) is 0 Å². The smallest absolute Gasteiger partial charge is 0.413 e. The van der Waals surface area contributed by atoms with E-state index in [1.807, 2.05) is 0 Å². The largest absolute Gasteiger partial charge is 0.444 e. The summed E-state index contributed by atoms with van der Waals surface area (Å²) in [6.07, 6.45) is 1.05. The van der Waals surface area contributed by atoms with Crippen molar-refractivity contribution in [3.05, 3.63) is 18.3 Å². The first-order valence-corrected chi connectivity index (χ1v) is 7.65. The quantitative estimate of drug-likeness (QED) is 0.878. The molecule has 1 fully saturated rings. The van der Waals surface area contributed by atoms with Crippen LogP contribution in [0, 0.1) is 5.92 Å². The first kappa shape index (κ1) is 17.7. The van der Waals surface area contributed by atoms with E-state index in [1.165, 1.54) is 11.1 Å². The molecular weight excluding hydrogens is 312 g/mol. The van der Waals surface area contributed by atoms with Crippen molar-refractivity contribution >= 4 is 29.4 Å². The lowest BCUT2D eigenvalue weighted by atomic mass is 10.1. The van der Waals surface area contributed by atoms with Gasteiger partial charge >= 0.3 is 6.09 Å². The fourth-order valence-electron chi connectivity index (χ4n) is 2.23. The molecule has 8 nitrogen and oxygen atoms in total. The Kier molecular flexibility index (Phi) is 5.06. The molecule has 24 heavy (non-hydrogen) atoms. The molecule has 130 valence electrons. The SMILES string of the molecule is CN1C[C@@H](C(=O)Nc2ccc(NC(=O)OC(C)(C)C)nc2)CC1=O. The number of nitrogens with one attached hydrogen (secondary N) is 2. The van der Waals surface area contributed by atoms with Crippen LogP contribution in [0.4, 0.5) is 16.3 Å². The number of nitrogens with zero attached hydrogens (tertiary/aromatic N) is 2. The molecule has 1 aromatic heterocycles. The molecule has 0 unspecified atom stereocenters. The van der Waals surface area contributed by atoms with Crippen LogP contribution in [-0.4, -0.2) is 47.0 Å². The van der Waals surface area contributed by atoms with Crippen LogP contribution in [0.1, 0.15) is 27.2 Å². The maximum absolute atomic E-state index is 12.1. The van der Waals surface area contributed by atoms with E-state index in [2.05, 4.69) is 15.6 Å². The maximum Gasteiger partial charge on any atom is 0.413 e. The van der Waals surface area contributed by atoms with Gasteiger partial charge < -0.3 is 15.0 Å². The fourth-order valence-corrected chi connectivity index (χ4v) is 2.23. The van der Waals surface area contributed by atoms with Crippen molar-refractivity contribution < 1.29 is 19.1 Å². The highest BCUT2D eigenvalue weighted by molar-refractivity contribution is 5.97. The number of likely N-dealkylation sites (tertiary alicyclic amines) is 1. The van der Waals surface area contributed by atoms with Gasteiger partial charge in [0.15, 0.2) is 0 Å². The average Bonchev–Trinajstić information content (AvgIpc) is 2.79. The minimum Gasteiger partial charge on any atom is -0.444 e. The molecule has 1 aliphatic heterocycles. The number of pyridine rings is 1. The van der Waals surface area contributed by atoms with E-state index in [1.54, 1.807) is 40.0 Å². The second-order valence-corrected chi connectivity index (χ2v) is 6.72. The van der Waals surface area contributed by atoms with Gasteiger partial charge in [-0.15, -0.1) is 0 Å². The van der Waals surface area contributed by atoms with Crippen LogP contribution >= 0.6 is 0 Å². The van der Waals surface area contributed by atoms with Crippen molar-refractivity contribution in [2.45, 2.75) is 32.8 Å². The Morgan fingerprint density at radius 3 is 2.50 bits per heavy atom. The number of carbonyl (C=O) groups is 3. The summed E-state index contributed by atoms with van der Waals surface area (Å²) in [5, 5.41) is 5.23. The predicted octanol–water partition coefficient (Wildman–Crippen LogP) is 1.85. The summed E-state index contributed by atoms with van der Waals surface area (Å²) >= 11 is 0. The molecule has 0 radical (unpaired) electrons. The van der Waals surface area contributed by atoms with Crippen LogP contribution < -0.4 is 10.6 Å². The van der Waals surface area contributed by atoms with Crippen LogP contribution in [0.5, 0.6) is 0 Å². The van der Waals surface area contributed by atoms with Crippen LogP contribution in [-0.2, 0) is 14.3 Å². The summed E-state index contributed by atoms with van der Waals surface area (Å²) in [6, 6.07) is 3.18. The van der Waals surface area contributed by atoms with Gasteiger partial charge in [-0.25, -0.2) is 9.78 Å². The molecule has 2 heterocycles. The molecule has 3 amide bonds. The number of amides is 3. The molecule has 2 N–H and O–H groups in total. The molecule has 1 aliphatic rings. The second-order valence-electron chi connectivity index (χ2n) is 6.72. The van der Waals surface area contributed by atoms with E-state index in [4.69, 9.17) is 4.74 Å². The summed E-state index contributed by atoms with van der Waals surface area (Å²) in [6.45, 7) is 5.72. The zero-order valence-electron chi connectivity index (χ0n) is 14.3. The highest BCUT2D eigenvalue weighted by atomic mass is 16.6. The van der Waals surface area contributed by atoms with E-state index in [0.29, 0.717) is 18.1 Å². The van der Waals surface area contributed by atoms with Gasteiger partial charge in [-0.1, -0.05) is 0 Å². The topological polar surface area (TPSA) is 101 Å². The zero-order chi connectivity index (χ0) is 17.9. The molecule has 2 rings (SSSR count). The number of hydrogen-bond donors (Lipinski definition) is 2. The van der Waals surface area contributed by atoms with E-state index >= 15 is 0 Å². The first-order valence-electron chi connectivity index (χ1n) is 7.65. The Morgan fingerprint density at radius 1 is 1.29 bits per heavy atom. The minimum absolute atomic E-state index is 0.0369. The summed E-state index contributed by atoms with van der Waals surface area (Å²) in [5.74, 6) is -0.298. The van der Waals surface area contributed by atoms with Gasteiger partial charge in [-0.2, -0.15) is 0 Å². The van der Waals surface area contributed by atoms with Crippen molar-refractivity contribution in [1.82, 2.24) is 9.88 Å². The van der Waals surface area contributed by atoms with Gasteiger partial charge in [0.25, 0.3) is 0 Å². The van der Waals surface area contributed by atoms with E-state index < -0.39 is 11.7 Å². The number of hydrogen-bond acceptors (Lipinski definition) is 5. The summed E-state index contributed by atoms with van der Waals surface area (Å²) in [5.41, 5.74) is -0.0964. The Bertz CT molecular complexity index is 636. The molecule has 0 aromatic carbocycles. The van der Waals surface area contributed by atoms with Crippen LogP contribution in [0.25, 0.3) is 0 Å². The Morgan fingerprint density at radius 2 is 2.00 bits per heavy atom. The Hall–Kier alpha value is -2.64. The van der Waals surface area contributed by atoms with Gasteiger partial charge in [0.2, 0.25) is 11.8 Å². The third kappa shape index (κ3) is 4.94. The molecule has 0 aliphatic carbocycles. The normalized spacial score (nSPS) is 17.6. The molecule has 0 bridgehead atoms. The zero-order valence-corrected chi connectivity index (χ0v) is 14.3. The summed E-state index contributed by atoms with van der Waals surface area (Å²) < 4.78 is 5.13. The number of ether oxygens (including phenoxy) is 1. The van der Waals surface area contributed by atoms with Crippen molar-refractivity contribution in [1.29, 1.82) is 0 Å². The lowest BCUT2D eigenvalue weighted by Crippen LogP contribution is -2.27. The van der Waals surface area contributed by atoms with E-state index in [-0.39, 0.29) is 24.2 Å². The minimum atomic E-state index is -0.598. The van der Waals surface area contributed by atoms with E-state index in [0.717, 1.165) is 0 Å². The molecule has 8 heteroatoms.